The van der Waals surface area contributed by atoms with E-state index in [0.29, 0.717) is 11.6 Å². The van der Waals surface area contributed by atoms with E-state index in [1.165, 1.54) is 37.1 Å². The summed E-state index contributed by atoms with van der Waals surface area (Å²) in [5.74, 6) is 0. The fraction of sp³-hybridized carbons (Fsp3) is 0.259. The minimum absolute atomic E-state index is 0.00361. The Morgan fingerprint density at radius 2 is 1.59 bits per heavy atom. The molecule has 0 spiro atoms. The van der Waals surface area contributed by atoms with Gasteiger partial charge in [0.25, 0.3) is 0 Å². The van der Waals surface area contributed by atoms with E-state index >= 15 is 0 Å². The number of anilines is 1. The molecular weight excluding hydrogens is 437 g/mol. The molecule has 2 aliphatic rings. The largest absolute Gasteiger partial charge is 0.398 e. The summed E-state index contributed by atoms with van der Waals surface area (Å²) < 4.78 is 0. The van der Waals surface area contributed by atoms with Gasteiger partial charge in [0, 0.05) is 40.1 Å². The van der Waals surface area contributed by atoms with Crippen molar-refractivity contribution in [2.75, 3.05) is 24.5 Å². The van der Waals surface area contributed by atoms with Crippen molar-refractivity contribution >= 4 is 34.6 Å². The van der Waals surface area contributed by atoms with Crippen molar-refractivity contribution < 1.29 is 0 Å². The molecule has 32 heavy (non-hydrogen) atoms. The zero-order valence-corrected chi connectivity index (χ0v) is 19.5. The van der Waals surface area contributed by atoms with Gasteiger partial charge in [-0.3, -0.25) is 4.90 Å². The summed E-state index contributed by atoms with van der Waals surface area (Å²) in [6.45, 7) is 4.12. The van der Waals surface area contributed by atoms with Crippen LogP contribution in [0.5, 0.6) is 0 Å². The minimum atomic E-state index is -0.00361. The summed E-state index contributed by atoms with van der Waals surface area (Å²) in [5.41, 5.74) is 12.9. The zero-order chi connectivity index (χ0) is 22.1. The molecule has 1 saturated heterocycles. The molecule has 3 aromatic carbocycles. The Labute approximate surface area is 200 Å². The molecule has 164 valence electrons. The molecule has 1 unspecified atom stereocenters. The van der Waals surface area contributed by atoms with Crippen LogP contribution in [0, 0.1) is 0 Å². The second-order valence-electron chi connectivity index (χ2n) is 8.66. The fourth-order valence-corrected chi connectivity index (χ4v) is 5.23. The van der Waals surface area contributed by atoms with Crippen LogP contribution in [0.4, 0.5) is 5.69 Å². The standard InChI is InChI=1S/C27H27Cl2N3/c28-22-5-3-4-21(16-22)27(20-8-6-19(7-9-20)18-31-13-1-2-14-31)32-15-12-25(30)24-11-10-23(29)17-26(24)32/h3-12,16-17,27H,1-2,13-15,18,30H2. The second-order valence-corrected chi connectivity index (χ2v) is 9.53. The first kappa shape index (κ1) is 21.4. The number of fused-ring (bicyclic) bond motifs is 1. The van der Waals surface area contributed by atoms with Crippen molar-refractivity contribution in [3.05, 3.63) is 105 Å². The van der Waals surface area contributed by atoms with Gasteiger partial charge in [0.05, 0.1) is 6.04 Å². The number of hydrogen-bond donors (Lipinski definition) is 1. The van der Waals surface area contributed by atoms with Crippen molar-refractivity contribution in [1.29, 1.82) is 0 Å². The highest BCUT2D eigenvalue weighted by atomic mass is 35.5. The molecule has 1 atom stereocenters. The van der Waals surface area contributed by atoms with E-state index in [-0.39, 0.29) is 6.04 Å². The molecule has 0 amide bonds. The third-order valence-corrected chi connectivity index (χ3v) is 6.93. The lowest BCUT2D eigenvalue weighted by molar-refractivity contribution is 0.331. The van der Waals surface area contributed by atoms with Crippen LogP contribution >= 0.6 is 23.2 Å². The maximum atomic E-state index is 6.41. The van der Waals surface area contributed by atoms with Crippen LogP contribution in [-0.2, 0) is 6.54 Å². The smallest absolute Gasteiger partial charge is 0.0800 e. The van der Waals surface area contributed by atoms with Gasteiger partial charge in [-0.25, -0.2) is 0 Å². The predicted molar refractivity (Wildman–Crippen MR) is 135 cm³/mol. The number of benzene rings is 3. The van der Waals surface area contributed by atoms with Crippen molar-refractivity contribution in [3.8, 4) is 0 Å². The lowest BCUT2D eigenvalue weighted by Gasteiger charge is -2.37. The normalized spacial score (nSPS) is 17.2. The van der Waals surface area contributed by atoms with E-state index in [4.69, 9.17) is 28.9 Å². The van der Waals surface area contributed by atoms with Gasteiger partial charge in [-0.1, -0.05) is 59.6 Å². The summed E-state index contributed by atoms with van der Waals surface area (Å²) in [5, 5.41) is 1.44. The molecule has 0 aliphatic carbocycles. The fourth-order valence-electron chi connectivity index (χ4n) is 4.87. The summed E-state index contributed by atoms with van der Waals surface area (Å²) in [6, 6.07) is 23.1. The predicted octanol–water partition coefficient (Wildman–Crippen LogP) is 6.50. The van der Waals surface area contributed by atoms with Gasteiger partial charge in [-0.15, -0.1) is 0 Å². The average Bonchev–Trinajstić information content (AvgIpc) is 3.30. The minimum Gasteiger partial charge on any atom is -0.398 e. The van der Waals surface area contributed by atoms with Crippen molar-refractivity contribution in [3.63, 3.8) is 0 Å². The van der Waals surface area contributed by atoms with Crippen LogP contribution in [0.2, 0.25) is 10.0 Å². The number of nitrogens with two attached hydrogens (primary N) is 1. The van der Waals surface area contributed by atoms with Gasteiger partial charge < -0.3 is 10.6 Å². The highest BCUT2D eigenvalue weighted by Crippen LogP contribution is 2.40. The molecule has 2 N–H and O–H groups in total. The summed E-state index contributed by atoms with van der Waals surface area (Å²) in [7, 11) is 0. The van der Waals surface area contributed by atoms with E-state index in [9.17, 15) is 0 Å². The SMILES string of the molecule is NC1=CCN(C(c2ccc(CN3CCCC3)cc2)c2cccc(Cl)c2)c2cc(Cl)ccc21. The number of nitrogens with zero attached hydrogens (tertiary/aromatic N) is 2. The lowest BCUT2D eigenvalue weighted by Crippen LogP contribution is -2.33. The molecule has 5 heteroatoms. The van der Waals surface area contributed by atoms with Crippen LogP contribution in [0.15, 0.2) is 72.8 Å². The monoisotopic (exact) mass is 463 g/mol. The molecule has 0 saturated carbocycles. The highest BCUT2D eigenvalue weighted by molar-refractivity contribution is 6.31. The quantitative estimate of drug-likeness (QED) is 0.468. The summed E-state index contributed by atoms with van der Waals surface area (Å²) in [4.78, 5) is 4.89. The summed E-state index contributed by atoms with van der Waals surface area (Å²) in [6.07, 6.45) is 4.69. The van der Waals surface area contributed by atoms with Gasteiger partial charge in [-0.2, -0.15) is 0 Å². The van der Waals surface area contributed by atoms with Crippen molar-refractivity contribution in [2.24, 2.45) is 5.73 Å². The highest BCUT2D eigenvalue weighted by Gasteiger charge is 2.27. The van der Waals surface area contributed by atoms with Gasteiger partial charge in [0.15, 0.2) is 0 Å². The average molecular weight is 464 g/mol. The molecule has 0 radical (unpaired) electrons. The Bertz CT molecular complexity index is 1130. The van der Waals surface area contributed by atoms with E-state index in [1.807, 2.05) is 30.3 Å². The third kappa shape index (κ3) is 4.38. The van der Waals surface area contributed by atoms with Gasteiger partial charge in [0.2, 0.25) is 0 Å². The molecule has 5 rings (SSSR count). The Morgan fingerprint density at radius 3 is 2.34 bits per heavy atom. The van der Waals surface area contributed by atoms with E-state index in [1.54, 1.807) is 0 Å². The van der Waals surface area contributed by atoms with E-state index in [0.717, 1.165) is 34.1 Å². The second kappa shape index (κ2) is 9.19. The molecule has 0 bridgehead atoms. The molecular formula is C27H27Cl2N3. The Balaban J connectivity index is 1.54. The molecule has 1 fully saturated rings. The Morgan fingerprint density at radius 1 is 0.844 bits per heavy atom. The van der Waals surface area contributed by atoms with Crippen LogP contribution in [0.1, 0.15) is 41.1 Å². The molecule has 2 heterocycles. The van der Waals surface area contributed by atoms with E-state index in [2.05, 4.69) is 52.3 Å². The Kier molecular flexibility index (Phi) is 6.14. The maximum absolute atomic E-state index is 6.41. The van der Waals surface area contributed by atoms with E-state index < -0.39 is 0 Å². The topological polar surface area (TPSA) is 32.5 Å². The Hall–Kier alpha value is -2.46. The number of hydrogen-bond acceptors (Lipinski definition) is 3. The van der Waals surface area contributed by atoms with Crippen LogP contribution in [-0.4, -0.2) is 24.5 Å². The molecule has 3 aromatic rings. The first-order chi connectivity index (χ1) is 15.6. The maximum Gasteiger partial charge on any atom is 0.0800 e. The van der Waals surface area contributed by atoms with Crippen LogP contribution in [0.3, 0.4) is 0 Å². The van der Waals surface area contributed by atoms with Gasteiger partial charge in [-0.05, 0) is 79.0 Å². The van der Waals surface area contributed by atoms with Gasteiger partial charge >= 0.3 is 0 Å². The molecule has 3 nitrogen and oxygen atoms in total. The third-order valence-electron chi connectivity index (χ3n) is 6.46. The first-order valence-electron chi connectivity index (χ1n) is 11.2. The van der Waals surface area contributed by atoms with Crippen LogP contribution in [0.25, 0.3) is 5.70 Å². The first-order valence-corrected chi connectivity index (χ1v) is 11.9. The summed E-state index contributed by atoms with van der Waals surface area (Å²) >= 11 is 12.8. The number of halogens is 2. The van der Waals surface area contributed by atoms with Gasteiger partial charge in [0.1, 0.15) is 0 Å². The van der Waals surface area contributed by atoms with Crippen molar-refractivity contribution in [2.45, 2.75) is 25.4 Å². The number of rotatable bonds is 5. The molecule has 0 aromatic heterocycles. The zero-order valence-electron chi connectivity index (χ0n) is 18.0. The van der Waals surface area contributed by atoms with Crippen molar-refractivity contribution in [1.82, 2.24) is 4.90 Å². The number of likely N-dealkylation sites (tertiary alicyclic amines) is 1. The van der Waals surface area contributed by atoms with Crippen LogP contribution < -0.4 is 10.6 Å². The molecule has 2 aliphatic heterocycles. The lowest BCUT2D eigenvalue weighted by atomic mass is 9.93.